The van der Waals surface area contributed by atoms with Crippen LogP contribution in [0.2, 0.25) is 0 Å². The van der Waals surface area contributed by atoms with Crippen molar-refractivity contribution in [1.29, 1.82) is 0 Å². The maximum atomic E-state index is 12.4. The molecule has 0 N–H and O–H groups in total. The second-order valence-electron chi connectivity index (χ2n) is 5.27. The monoisotopic (exact) mass is 302 g/mol. The van der Waals surface area contributed by atoms with Crippen molar-refractivity contribution in [3.63, 3.8) is 0 Å². The van der Waals surface area contributed by atoms with Gasteiger partial charge in [0.15, 0.2) is 15.6 Å². The molecule has 0 spiro atoms. The van der Waals surface area contributed by atoms with E-state index >= 15 is 0 Å². The fourth-order valence-corrected chi connectivity index (χ4v) is 2.96. The van der Waals surface area contributed by atoms with Gasteiger partial charge in [0, 0.05) is 18.2 Å². The van der Waals surface area contributed by atoms with Crippen LogP contribution in [0.4, 0.5) is 0 Å². The van der Waals surface area contributed by atoms with Gasteiger partial charge in [-0.2, -0.15) is 0 Å². The second kappa shape index (κ2) is 5.82. The molecule has 2 rings (SSSR count). The largest absolute Gasteiger partial charge is 0.294 e. The Morgan fingerprint density at radius 1 is 1.00 bits per heavy atom. The minimum Gasteiger partial charge on any atom is -0.294 e. The maximum Gasteiger partial charge on any atom is 0.175 e. The summed E-state index contributed by atoms with van der Waals surface area (Å²) in [6.07, 6.45) is 1.42. The maximum absolute atomic E-state index is 12.4. The van der Waals surface area contributed by atoms with Gasteiger partial charge in [0.25, 0.3) is 0 Å². The first-order valence-corrected chi connectivity index (χ1v) is 8.56. The van der Waals surface area contributed by atoms with Crippen LogP contribution < -0.4 is 0 Å². The molecule has 0 saturated carbocycles. The minimum absolute atomic E-state index is 0.0714. The van der Waals surface area contributed by atoms with Crippen molar-refractivity contribution in [2.75, 3.05) is 6.26 Å². The lowest BCUT2D eigenvalue weighted by Crippen LogP contribution is -2.08. The zero-order valence-corrected chi connectivity index (χ0v) is 13.2. The van der Waals surface area contributed by atoms with Crippen molar-refractivity contribution < 1.29 is 13.2 Å². The standard InChI is InChI=1S/C17H18O3S/c1-12-6-4-7-13(2)16(12)11-17(18)14-8-5-9-15(10-14)21(3,19)20/h4-10H,11H2,1-3H3. The number of hydrogen-bond acceptors (Lipinski definition) is 3. The van der Waals surface area contributed by atoms with E-state index in [1.54, 1.807) is 12.1 Å². The Bertz CT molecular complexity index is 769. The van der Waals surface area contributed by atoms with E-state index in [1.807, 2.05) is 32.0 Å². The van der Waals surface area contributed by atoms with E-state index in [-0.39, 0.29) is 17.1 Å². The van der Waals surface area contributed by atoms with Crippen LogP contribution in [0, 0.1) is 13.8 Å². The second-order valence-corrected chi connectivity index (χ2v) is 7.29. The lowest BCUT2D eigenvalue weighted by atomic mass is 9.96. The first-order valence-electron chi connectivity index (χ1n) is 6.67. The molecule has 0 aliphatic rings. The molecule has 0 aliphatic carbocycles. The minimum atomic E-state index is -3.30. The van der Waals surface area contributed by atoms with E-state index in [2.05, 4.69) is 0 Å². The molecular weight excluding hydrogens is 284 g/mol. The summed E-state index contributed by atoms with van der Waals surface area (Å²) in [4.78, 5) is 12.6. The van der Waals surface area contributed by atoms with Crippen LogP contribution >= 0.6 is 0 Å². The molecule has 0 amide bonds. The summed E-state index contributed by atoms with van der Waals surface area (Å²) in [7, 11) is -3.30. The van der Waals surface area contributed by atoms with Crippen LogP contribution in [-0.2, 0) is 16.3 Å². The smallest absolute Gasteiger partial charge is 0.175 e. The van der Waals surface area contributed by atoms with Gasteiger partial charge in [0.2, 0.25) is 0 Å². The summed E-state index contributed by atoms with van der Waals surface area (Å²) in [5.41, 5.74) is 3.58. The third-order valence-corrected chi connectivity index (χ3v) is 4.68. The van der Waals surface area contributed by atoms with Gasteiger partial charge in [-0.3, -0.25) is 4.79 Å². The number of benzene rings is 2. The number of aryl methyl sites for hydroxylation is 2. The molecule has 21 heavy (non-hydrogen) atoms. The van der Waals surface area contributed by atoms with Crippen LogP contribution in [0.15, 0.2) is 47.4 Å². The van der Waals surface area contributed by atoms with Crippen LogP contribution in [-0.4, -0.2) is 20.5 Å². The molecule has 0 bridgehead atoms. The van der Waals surface area contributed by atoms with Crippen molar-refractivity contribution in [2.45, 2.75) is 25.2 Å². The molecule has 3 nitrogen and oxygen atoms in total. The summed E-state index contributed by atoms with van der Waals surface area (Å²) in [6, 6.07) is 12.1. The number of hydrogen-bond donors (Lipinski definition) is 0. The first kappa shape index (κ1) is 15.4. The van der Waals surface area contributed by atoms with E-state index in [4.69, 9.17) is 0 Å². The highest BCUT2D eigenvalue weighted by Gasteiger charge is 2.14. The Morgan fingerprint density at radius 3 is 2.14 bits per heavy atom. The highest BCUT2D eigenvalue weighted by molar-refractivity contribution is 7.90. The van der Waals surface area contributed by atoms with Gasteiger partial charge in [-0.15, -0.1) is 0 Å². The van der Waals surface area contributed by atoms with E-state index in [9.17, 15) is 13.2 Å². The molecule has 4 heteroatoms. The molecule has 0 saturated heterocycles. The predicted molar refractivity (Wildman–Crippen MR) is 83.5 cm³/mol. The Morgan fingerprint density at radius 2 is 1.57 bits per heavy atom. The Labute approximate surface area is 125 Å². The van der Waals surface area contributed by atoms with Gasteiger partial charge in [0.1, 0.15) is 0 Å². The molecule has 0 radical (unpaired) electrons. The van der Waals surface area contributed by atoms with E-state index in [1.165, 1.54) is 12.1 Å². The molecule has 0 aliphatic heterocycles. The molecule has 2 aromatic carbocycles. The van der Waals surface area contributed by atoms with Crippen molar-refractivity contribution in [3.8, 4) is 0 Å². The summed E-state index contributed by atoms with van der Waals surface area (Å²) in [5, 5.41) is 0. The van der Waals surface area contributed by atoms with Crippen molar-refractivity contribution in [3.05, 3.63) is 64.7 Å². The number of carbonyl (C=O) groups is 1. The number of ketones is 1. The van der Waals surface area contributed by atoms with E-state index < -0.39 is 9.84 Å². The number of rotatable bonds is 4. The molecule has 0 atom stereocenters. The summed E-state index contributed by atoms with van der Waals surface area (Å²) >= 11 is 0. The molecule has 0 fully saturated rings. The fourth-order valence-electron chi connectivity index (χ4n) is 2.29. The van der Waals surface area contributed by atoms with Crippen molar-refractivity contribution >= 4 is 15.6 Å². The molecule has 110 valence electrons. The van der Waals surface area contributed by atoms with Crippen molar-refractivity contribution in [2.24, 2.45) is 0 Å². The average Bonchev–Trinajstić information content (AvgIpc) is 2.42. The molecule has 0 aromatic heterocycles. The van der Waals surface area contributed by atoms with Crippen LogP contribution in [0.3, 0.4) is 0 Å². The molecule has 0 heterocycles. The normalized spacial score (nSPS) is 11.4. The Kier molecular flexibility index (Phi) is 4.28. The quantitative estimate of drug-likeness (QED) is 0.815. The zero-order valence-electron chi connectivity index (χ0n) is 12.4. The SMILES string of the molecule is Cc1cccc(C)c1CC(=O)c1cccc(S(C)(=O)=O)c1. The van der Waals surface area contributed by atoms with Crippen molar-refractivity contribution in [1.82, 2.24) is 0 Å². The Balaban J connectivity index is 2.34. The highest BCUT2D eigenvalue weighted by atomic mass is 32.2. The van der Waals surface area contributed by atoms with Gasteiger partial charge in [-0.05, 0) is 42.7 Å². The predicted octanol–water partition coefficient (Wildman–Crippen LogP) is 3.13. The number of Topliss-reactive ketones (excluding diaryl/α,β-unsaturated/α-hetero) is 1. The van der Waals surface area contributed by atoms with Gasteiger partial charge < -0.3 is 0 Å². The van der Waals surface area contributed by atoms with E-state index in [0.717, 1.165) is 22.9 Å². The Hall–Kier alpha value is -1.94. The van der Waals surface area contributed by atoms with Crippen LogP contribution in [0.1, 0.15) is 27.0 Å². The zero-order chi connectivity index (χ0) is 15.6. The summed E-state index contributed by atoms with van der Waals surface area (Å²) in [5.74, 6) is -0.0714. The van der Waals surface area contributed by atoms with E-state index in [0.29, 0.717) is 5.56 Å². The molecular formula is C17H18O3S. The van der Waals surface area contributed by atoms with Crippen LogP contribution in [0.5, 0.6) is 0 Å². The first-order chi connectivity index (χ1) is 9.79. The third-order valence-electron chi connectivity index (χ3n) is 3.57. The topological polar surface area (TPSA) is 51.2 Å². The van der Waals surface area contributed by atoms with Crippen LogP contribution in [0.25, 0.3) is 0 Å². The average molecular weight is 302 g/mol. The summed E-state index contributed by atoms with van der Waals surface area (Å²) < 4.78 is 23.1. The van der Waals surface area contributed by atoms with Gasteiger partial charge in [-0.1, -0.05) is 30.3 Å². The van der Waals surface area contributed by atoms with Gasteiger partial charge in [-0.25, -0.2) is 8.42 Å². The molecule has 2 aromatic rings. The number of sulfone groups is 1. The lowest BCUT2D eigenvalue weighted by Gasteiger charge is -2.09. The highest BCUT2D eigenvalue weighted by Crippen LogP contribution is 2.18. The van der Waals surface area contributed by atoms with Gasteiger partial charge in [0.05, 0.1) is 4.90 Å². The van der Waals surface area contributed by atoms with Gasteiger partial charge >= 0.3 is 0 Å². The number of carbonyl (C=O) groups excluding carboxylic acids is 1. The fraction of sp³-hybridized carbons (Fsp3) is 0.235. The molecule has 0 unspecified atom stereocenters. The third kappa shape index (κ3) is 3.58. The lowest BCUT2D eigenvalue weighted by molar-refractivity contribution is 0.0992. The summed E-state index contributed by atoms with van der Waals surface area (Å²) in [6.45, 7) is 3.95.